The number of hydrogen-bond donors (Lipinski definition) is 1. The third-order valence-electron chi connectivity index (χ3n) is 8.47. The van der Waals surface area contributed by atoms with Gasteiger partial charge in [0.15, 0.2) is 0 Å². The Bertz CT molecular complexity index is 1370. The van der Waals surface area contributed by atoms with Crippen molar-refractivity contribution >= 4 is 35.0 Å². The Morgan fingerprint density at radius 3 is 2.55 bits per heavy atom. The van der Waals surface area contributed by atoms with Crippen LogP contribution >= 0.6 is 11.6 Å². The number of ether oxygens (including phenoxy) is 1. The van der Waals surface area contributed by atoms with Crippen molar-refractivity contribution < 1.29 is 24.2 Å². The first-order valence-corrected chi connectivity index (χ1v) is 14.1. The van der Waals surface area contributed by atoms with Crippen LogP contribution in [-0.2, 0) is 25.7 Å². The van der Waals surface area contributed by atoms with E-state index in [-0.39, 0.29) is 37.4 Å². The van der Waals surface area contributed by atoms with Crippen molar-refractivity contribution in [3.05, 3.63) is 89.0 Å². The van der Waals surface area contributed by atoms with Crippen LogP contribution in [0.3, 0.4) is 0 Å². The average molecular weight is 562 g/mol. The van der Waals surface area contributed by atoms with Crippen molar-refractivity contribution in [2.75, 3.05) is 31.1 Å². The molecular formula is C31H32ClN3O5. The van der Waals surface area contributed by atoms with E-state index in [9.17, 15) is 19.5 Å². The predicted octanol–water partition coefficient (Wildman–Crippen LogP) is 3.11. The maximum atomic E-state index is 14.4. The molecule has 2 aromatic carbocycles. The summed E-state index contributed by atoms with van der Waals surface area (Å²) in [5.74, 6) is -2.43. The van der Waals surface area contributed by atoms with Gasteiger partial charge in [-0.2, -0.15) is 0 Å². The van der Waals surface area contributed by atoms with Gasteiger partial charge >= 0.3 is 0 Å². The number of nitrogens with zero attached hydrogens (tertiary/aromatic N) is 3. The summed E-state index contributed by atoms with van der Waals surface area (Å²) in [4.78, 5) is 47.6. The number of fused-ring (bicyclic) bond motifs is 2. The van der Waals surface area contributed by atoms with Crippen molar-refractivity contribution in [3.63, 3.8) is 0 Å². The van der Waals surface area contributed by atoms with Gasteiger partial charge in [0.05, 0.1) is 28.6 Å². The van der Waals surface area contributed by atoms with E-state index in [1.807, 2.05) is 73.7 Å². The molecule has 1 unspecified atom stereocenters. The first kappa shape index (κ1) is 26.7. The summed E-state index contributed by atoms with van der Waals surface area (Å²) in [5.41, 5.74) is 1.09. The molecule has 4 aliphatic rings. The van der Waals surface area contributed by atoms with Crippen molar-refractivity contribution in [2.24, 2.45) is 11.8 Å². The number of para-hydroxylation sites is 1. The maximum Gasteiger partial charge on any atom is 0.253 e. The van der Waals surface area contributed by atoms with Gasteiger partial charge in [-0.05, 0) is 30.5 Å². The number of likely N-dealkylation sites (tertiary alicyclic amines) is 1. The number of rotatable bonds is 6. The molecule has 5 atom stereocenters. The third-order valence-corrected chi connectivity index (χ3v) is 8.78. The molecule has 0 bridgehead atoms. The van der Waals surface area contributed by atoms with Crippen molar-refractivity contribution in [3.8, 4) is 0 Å². The summed E-state index contributed by atoms with van der Waals surface area (Å²) in [6, 6.07) is 14.2. The van der Waals surface area contributed by atoms with E-state index in [1.54, 1.807) is 15.9 Å². The lowest BCUT2D eigenvalue weighted by Gasteiger charge is -2.35. The summed E-state index contributed by atoms with van der Waals surface area (Å²) in [5, 5.41) is 10.0. The van der Waals surface area contributed by atoms with Crippen LogP contribution in [0.4, 0.5) is 5.69 Å². The number of carbonyl (C=O) groups excluding carboxylic acids is 3. The molecule has 9 heteroatoms. The summed E-state index contributed by atoms with van der Waals surface area (Å²) in [7, 11) is 0. The first-order valence-electron chi connectivity index (χ1n) is 13.7. The molecule has 0 aromatic heterocycles. The van der Waals surface area contributed by atoms with Gasteiger partial charge in [-0.15, -0.1) is 0 Å². The molecule has 2 aromatic rings. The average Bonchev–Trinajstić information content (AvgIpc) is 3.26. The molecule has 4 heterocycles. The lowest BCUT2D eigenvalue weighted by Crippen LogP contribution is -2.55. The molecule has 4 aliphatic heterocycles. The Kier molecular flexibility index (Phi) is 7.02. The quantitative estimate of drug-likeness (QED) is 0.547. The van der Waals surface area contributed by atoms with Gasteiger partial charge in [-0.25, -0.2) is 0 Å². The number of halogens is 1. The zero-order chi connectivity index (χ0) is 28.0. The van der Waals surface area contributed by atoms with Gasteiger partial charge < -0.3 is 24.5 Å². The summed E-state index contributed by atoms with van der Waals surface area (Å²) in [6.45, 7) is 2.99. The van der Waals surface area contributed by atoms with Crippen LogP contribution in [0.5, 0.6) is 0 Å². The maximum absolute atomic E-state index is 14.4. The highest BCUT2D eigenvalue weighted by Gasteiger charge is 2.71. The van der Waals surface area contributed by atoms with E-state index >= 15 is 0 Å². The molecule has 2 saturated heterocycles. The van der Waals surface area contributed by atoms with Gasteiger partial charge in [0.2, 0.25) is 11.8 Å². The molecular weight excluding hydrogens is 530 g/mol. The van der Waals surface area contributed by atoms with Crippen LogP contribution in [0, 0.1) is 18.8 Å². The largest absolute Gasteiger partial charge is 0.396 e. The van der Waals surface area contributed by atoms with Gasteiger partial charge in [0.1, 0.15) is 11.6 Å². The van der Waals surface area contributed by atoms with E-state index in [1.165, 1.54) is 4.90 Å². The molecule has 208 valence electrons. The Labute approximate surface area is 238 Å². The first-order chi connectivity index (χ1) is 19.4. The second-order valence-electron chi connectivity index (χ2n) is 10.8. The SMILES string of the molecule is Cc1cccc(Cl)c1N1CC=C[C@]23O[C@H]4C=CCN(Cc5ccccc5)C(=O)[C@H]4[C@H]2C(=O)N(CCCO)C3C1=O. The lowest BCUT2D eigenvalue weighted by molar-refractivity contribution is -0.144. The van der Waals surface area contributed by atoms with Gasteiger partial charge in [0, 0.05) is 32.8 Å². The lowest BCUT2D eigenvalue weighted by atomic mass is 9.77. The fourth-order valence-corrected chi connectivity index (χ4v) is 7.11. The molecule has 1 N–H and O–H groups in total. The number of amides is 3. The second-order valence-corrected chi connectivity index (χ2v) is 11.2. The number of anilines is 1. The van der Waals surface area contributed by atoms with Crippen LogP contribution in [0.15, 0.2) is 72.8 Å². The van der Waals surface area contributed by atoms with Crippen LogP contribution in [0.2, 0.25) is 5.02 Å². The van der Waals surface area contributed by atoms with Crippen molar-refractivity contribution in [1.29, 1.82) is 0 Å². The number of aliphatic hydroxyl groups is 1. The standard InChI is InChI=1S/C31H32ClN3O5/c1-20-9-5-12-22(32)26(20)34-16-7-14-31-25(29(38)35(17-8-18-36)27(31)30(34)39)24-23(40-31)13-6-15-33(28(24)37)19-21-10-3-2-4-11-21/h2-7,9-14,23-25,27,36H,8,15-19H2,1H3/t23-,24+,25-,27?,31-/m0/s1. The van der Waals surface area contributed by atoms with E-state index in [2.05, 4.69) is 0 Å². The zero-order valence-corrected chi connectivity index (χ0v) is 23.0. The van der Waals surface area contributed by atoms with Gasteiger partial charge in [-0.1, -0.05) is 78.4 Å². The number of aliphatic hydroxyl groups excluding tert-OH is 1. The van der Waals surface area contributed by atoms with Gasteiger partial charge in [-0.3, -0.25) is 14.4 Å². The van der Waals surface area contributed by atoms with Crippen molar-refractivity contribution in [1.82, 2.24) is 9.80 Å². The van der Waals surface area contributed by atoms with Gasteiger partial charge in [0.25, 0.3) is 5.91 Å². The fraction of sp³-hybridized carbons (Fsp3) is 0.387. The number of aryl methyl sites for hydroxylation is 1. The van der Waals surface area contributed by atoms with Crippen LogP contribution < -0.4 is 4.90 Å². The van der Waals surface area contributed by atoms with E-state index < -0.39 is 29.6 Å². The molecule has 6 rings (SSSR count). The Morgan fingerprint density at radius 1 is 1.00 bits per heavy atom. The minimum atomic E-state index is -1.32. The second kappa shape index (κ2) is 10.5. The molecule has 0 saturated carbocycles. The van der Waals surface area contributed by atoms with Crippen LogP contribution in [0.25, 0.3) is 0 Å². The summed E-state index contributed by atoms with van der Waals surface area (Å²) in [6.07, 6.45) is 7.10. The molecule has 2 fully saturated rings. The highest BCUT2D eigenvalue weighted by molar-refractivity contribution is 6.34. The molecule has 3 amide bonds. The molecule has 0 radical (unpaired) electrons. The summed E-state index contributed by atoms with van der Waals surface area (Å²) >= 11 is 6.58. The highest BCUT2D eigenvalue weighted by atomic mass is 35.5. The minimum absolute atomic E-state index is 0.134. The summed E-state index contributed by atoms with van der Waals surface area (Å²) < 4.78 is 6.68. The third kappa shape index (κ3) is 4.17. The predicted molar refractivity (Wildman–Crippen MR) is 150 cm³/mol. The van der Waals surface area contributed by atoms with E-state index in [0.29, 0.717) is 30.2 Å². The monoisotopic (exact) mass is 561 g/mol. The number of carbonyl (C=O) groups is 3. The Morgan fingerprint density at radius 2 is 1.80 bits per heavy atom. The Hall–Kier alpha value is -3.46. The molecule has 0 aliphatic carbocycles. The van der Waals surface area contributed by atoms with Crippen LogP contribution in [-0.4, -0.2) is 76.6 Å². The van der Waals surface area contributed by atoms with E-state index in [0.717, 1.165) is 11.1 Å². The number of hydrogen-bond acceptors (Lipinski definition) is 5. The zero-order valence-electron chi connectivity index (χ0n) is 22.3. The topological polar surface area (TPSA) is 90.4 Å². The smallest absolute Gasteiger partial charge is 0.253 e. The minimum Gasteiger partial charge on any atom is -0.396 e. The number of benzene rings is 2. The highest BCUT2D eigenvalue weighted by Crippen LogP contribution is 2.54. The molecule has 40 heavy (non-hydrogen) atoms. The van der Waals surface area contributed by atoms with E-state index in [4.69, 9.17) is 16.3 Å². The normalized spacial score (nSPS) is 29.4. The Balaban J connectivity index is 1.41. The fourth-order valence-electron chi connectivity index (χ4n) is 6.78. The molecule has 1 spiro atoms. The van der Waals surface area contributed by atoms with Crippen molar-refractivity contribution in [2.45, 2.75) is 37.6 Å². The molecule has 8 nitrogen and oxygen atoms in total. The van der Waals surface area contributed by atoms with Crippen LogP contribution in [0.1, 0.15) is 17.5 Å².